The largest absolute Gasteiger partial charge is 0.389 e. The zero-order chi connectivity index (χ0) is 13.3. The van der Waals surface area contributed by atoms with Crippen LogP contribution in [0.5, 0.6) is 0 Å². The van der Waals surface area contributed by atoms with Crippen LogP contribution in [0.4, 0.5) is 0 Å². The Hall–Kier alpha value is -0.390. The van der Waals surface area contributed by atoms with Gasteiger partial charge in [0, 0.05) is 20.1 Å². The van der Waals surface area contributed by atoms with Crippen molar-refractivity contribution in [1.82, 2.24) is 14.7 Å². The number of hydrogen-bond acceptors (Lipinski definition) is 3. The van der Waals surface area contributed by atoms with Gasteiger partial charge in [0.1, 0.15) is 0 Å². The van der Waals surface area contributed by atoms with Gasteiger partial charge in [0.2, 0.25) is 0 Å². The Labute approximate surface area is 117 Å². The second-order valence-electron chi connectivity index (χ2n) is 5.57. The minimum Gasteiger partial charge on any atom is -0.389 e. The molecule has 2 rings (SSSR count). The second kappa shape index (κ2) is 5.31. The topological polar surface area (TPSA) is 41.3 Å². The highest BCUT2D eigenvalue weighted by Gasteiger charge is 2.32. The summed E-state index contributed by atoms with van der Waals surface area (Å²) in [6.45, 7) is 3.54. The van der Waals surface area contributed by atoms with Crippen molar-refractivity contribution >= 4 is 15.9 Å². The summed E-state index contributed by atoms with van der Waals surface area (Å²) < 4.78 is 2.99. The molecular formula is C13H22BrN3O. The molecule has 1 N–H and O–H groups in total. The van der Waals surface area contributed by atoms with E-state index in [0.29, 0.717) is 0 Å². The normalized spacial score (nSPS) is 18.8. The zero-order valence-corrected chi connectivity index (χ0v) is 13.0. The molecule has 1 saturated carbocycles. The molecule has 1 aliphatic carbocycles. The maximum absolute atomic E-state index is 10.4. The minimum absolute atomic E-state index is 0.477. The molecule has 1 aliphatic rings. The van der Waals surface area contributed by atoms with E-state index in [1.807, 2.05) is 18.7 Å². The SMILES string of the molecule is Cc1nn(C)c(CN(C)CC2(O)CCCC2)c1Br. The van der Waals surface area contributed by atoms with Crippen LogP contribution in [0.3, 0.4) is 0 Å². The van der Waals surface area contributed by atoms with Crippen molar-refractivity contribution in [3.05, 3.63) is 15.9 Å². The van der Waals surface area contributed by atoms with Gasteiger partial charge in [-0.2, -0.15) is 5.10 Å². The van der Waals surface area contributed by atoms with Crippen molar-refractivity contribution in [1.29, 1.82) is 0 Å². The molecule has 18 heavy (non-hydrogen) atoms. The summed E-state index contributed by atoms with van der Waals surface area (Å²) in [5.74, 6) is 0. The van der Waals surface area contributed by atoms with E-state index in [4.69, 9.17) is 0 Å². The van der Waals surface area contributed by atoms with Crippen LogP contribution in [0.1, 0.15) is 37.1 Å². The van der Waals surface area contributed by atoms with Gasteiger partial charge in [-0.3, -0.25) is 9.58 Å². The van der Waals surface area contributed by atoms with Crippen molar-refractivity contribution in [3.8, 4) is 0 Å². The molecule has 102 valence electrons. The third-order valence-electron chi connectivity index (χ3n) is 3.78. The first-order chi connectivity index (χ1) is 8.41. The molecule has 5 heteroatoms. The molecule has 1 heterocycles. The first-order valence-electron chi connectivity index (χ1n) is 6.50. The molecule has 1 fully saturated rings. The van der Waals surface area contributed by atoms with Gasteiger partial charge in [-0.25, -0.2) is 0 Å². The third-order valence-corrected chi connectivity index (χ3v) is 4.81. The lowest BCUT2D eigenvalue weighted by atomic mass is 10.0. The number of aryl methyl sites for hydroxylation is 2. The summed E-state index contributed by atoms with van der Waals surface area (Å²) in [7, 11) is 4.02. The van der Waals surface area contributed by atoms with Gasteiger partial charge >= 0.3 is 0 Å². The zero-order valence-electron chi connectivity index (χ0n) is 11.4. The van der Waals surface area contributed by atoms with Crippen molar-refractivity contribution in [2.75, 3.05) is 13.6 Å². The van der Waals surface area contributed by atoms with E-state index in [9.17, 15) is 5.11 Å². The van der Waals surface area contributed by atoms with Gasteiger partial charge in [-0.1, -0.05) is 12.8 Å². The Morgan fingerprint density at radius 3 is 2.56 bits per heavy atom. The van der Waals surface area contributed by atoms with Crippen LogP contribution >= 0.6 is 15.9 Å². The molecule has 0 bridgehead atoms. The van der Waals surface area contributed by atoms with Crippen LogP contribution < -0.4 is 0 Å². The summed E-state index contributed by atoms with van der Waals surface area (Å²) in [5, 5.41) is 14.8. The standard InChI is InChI=1S/C13H22BrN3O/c1-10-12(14)11(17(3)15-10)8-16(2)9-13(18)6-4-5-7-13/h18H,4-9H2,1-3H3. The smallest absolute Gasteiger partial charge is 0.0774 e. The van der Waals surface area contributed by atoms with Crippen LogP contribution in [0.15, 0.2) is 4.47 Å². The van der Waals surface area contributed by atoms with E-state index < -0.39 is 5.60 Å². The second-order valence-corrected chi connectivity index (χ2v) is 6.37. The number of aliphatic hydroxyl groups is 1. The average Bonchev–Trinajstić information content (AvgIpc) is 2.79. The fourth-order valence-electron chi connectivity index (χ4n) is 2.86. The minimum atomic E-state index is -0.477. The third kappa shape index (κ3) is 2.95. The molecule has 0 spiro atoms. The van der Waals surface area contributed by atoms with E-state index >= 15 is 0 Å². The molecule has 0 radical (unpaired) electrons. The fourth-order valence-corrected chi connectivity index (χ4v) is 3.32. The van der Waals surface area contributed by atoms with Gasteiger partial charge in [-0.05, 0) is 42.7 Å². The van der Waals surface area contributed by atoms with Gasteiger partial charge in [0.25, 0.3) is 0 Å². The predicted molar refractivity (Wildman–Crippen MR) is 75.4 cm³/mol. The van der Waals surface area contributed by atoms with Gasteiger partial charge in [0.05, 0.1) is 21.5 Å². The molecule has 0 aliphatic heterocycles. The summed E-state index contributed by atoms with van der Waals surface area (Å²) >= 11 is 3.58. The summed E-state index contributed by atoms with van der Waals surface area (Å²) in [6.07, 6.45) is 4.17. The van der Waals surface area contributed by atoms with Gasteiger partial charge in [0.15, 0.2) is 0 Å². The van der Waals surface area contributed by atoms with Crippen LogP contribution in [0.2, 0.25) is 0 Å². The molecule has 0 saturated heterocycles. The lowest BCUT2D eigenvalue weighted by Gasteiger charge is -2.28. The van der Waals surface area contributed by atoms with Crippen LogP contribution in [0, 0.1) is 6.92 Å². The van der Waals surface area contributed by atoms with Crippen LogP contribution in [-0.4, -0.2) is 39.0 Å². The molecular weight excluding hydrogens is 294 g/mol. The Kier molecular flexibility index (Phi) is 4.14. The number of hydrogen-bond donors (Lipinski definition) is 1. The molecule has 0 amide bonds. The maximum atomic E-state index is 10.4. The van der Waals surface area contributed by atoms with E-state index in [1.165, 1.54) is 0 Å². The van der Waals surface area contributed by atoms with Crippen molar-refractivity contribution in [2.24, 2.45) is 7.05 Å². The molecule has 0 aromatic carbocycles. The number of halogens is 1. The highest BCUT2D eigenvalue weighted by atomic mass is 79.9. The highest BCUT2D eigenvalue weighted by molar-refractivity contribution is 9.10. The summed E-state index contributed by atoms with van der Waals surface area (Å²) in [6, 6.07) is 0. The summed E-state index contributed by atoms with van der Waals surface area (Å²) in [5.41, 5.74) is 1.70. The van der Waals surface area contributed by atoms with Crippen LogP contribution in [0.25, 0.3) is 0 Å². The van der Waals surface area contributed by atoms with Crippen molar-refractivity contribution in [3.63, 3.8) is 0 Å². The average molecular weight is 316 g/mol. The lowest BCUT2D eigenvalue weighted by Crippen LogP contribution is -2.39. The molecule has 4 nitrogen and oxygen atoms in total. The fraction of sp³-hybridized carbons (Fsp3) is 0.769. The molecule has 0 unspecified atom stereocenters. The number of likely N-dealkylation sites (N-methyl/N-ethyl adjacent to an activating group) is 1. The molecule has 1 aromatic rings. The van der Waals surface area contributed by atoms with Crippen LogP contribution in [-0.2, 0) is 13.6 Å². The number of rotatable bonds is 4. The Bertz CT molecular complexity index is 424. The summed E-state index contributed by atoms with van der Waals surface area (Å²) in [4.78, 5) is 2.19. The molecule has 0 atom stereocenters. The predicted octanol–water partition coefficient (Wildman–Crippen LogP) is 2.23. The Morgan fingerprint density at radius 1 is 1.44 bits per heavy atom. The lowest BCUT2D eigenvalue weighted by molar-refractivity contribution is 0.0140. The Morgan fingerprint density at radius 2 is 2.06 bits per heavy atom. The molecule has 1 aromatic heterocycles. The van der Waals surface area contributed by atoms with E-state index in [1.54, 1.807) is 0 Å². The van der Waals surface area contributed by atoms with Gasteiger partial charge in [-0.15, -0.1) is 0 Å². The van der Waals surface area contributed by atoms with Gasteiger partial charge < -0.3 is 5.11 Å². The quantitative estimate of drug-likeness (QED) is 0.926. The van der Waals surface area contributed by atoms with E-state index in [-0.39, 0.29) is 0 Å². The maximum Gasteiger partial charge on any atom is 0.0774 e. The first-order valence-corrected chi connectivity index (χ1v) is 7.29. The monoisotopic (exact) mass is 315 g/mol. The Balaban J connectivity index is 2.00. The first kappa shape index (κ1) is 14.0. The van der Waals surface area contributed by atoms with E-state index in [0.717, 1.165) is 54.6 Å². The number of nitrogens with zero attached hydrogens (tertiary/aromatic N) is 3. The highest BCUT2D eigenvalue weighted by Crippen LogP contribution is 2.30. The van der Waals surface area contributed by atoms with E-state index in [2.05, 4.69) is 33.0 Å². The number of aromatic nitrogens is 2. The van der Waals surface area contributed by atoms with Crippen molar-refractivity contribution < 1.29 is 5.11 Å². The van der Waals surface area contributed by atoms with Crippen molar-refractivity contribution in [2.45, 2.75) is 44.8 Å².